The Morgan fingerprint density at radius 2 is 2.07 bits per heavy atom. The third-order valence-corrected chi connectivity index (χ3v) is 5.76. The van der Waals surface area contributed by atoms with E-state index in [4.69, 9.17) is 9.47 Å². The highest BCUT2D eigenvalue weighted by molar-refractivity contribution is 7.17. The molecule has 0 saturated heterocycles. The summed E-state index contributed by atoms with van der Waals surface area (Å²) in [6.45, 7) is 2.38. The van der Waals surface area contributed by atoms with Crippen LogP contribution in [0.25, 0.3) is 15.7 Å². The third-order valence-electron chi connectivity index (χ3n) is 4.91. The molecule has 0 fully saturated rings. The lowest BCUT2D eigenvalue weighted by Crippen LogP contribution is -2.35. The van der Waals surface area contributed by atoms with Crippen molar-refractivity contribution in [2.75, 3.05) is 6.79 Å². The zero-order valence-electron chi connectivity index (χ0n) is 15.7. The number of ether oxygens (including phenoxy) is 2. The molecule has 5 rings (SSSR count). The number of hydrogen-bond donors (Lipinski definition) is 1. The van der Waals surface area contributed by atoms with E-state index in [0.29, 0.717) is 30.0 Å². The first kappa shape index (κ1) is 17.7. The van der Waals surface area contributed by atoms with Crippen LogP contribution in [0.1, 0.15) is 18.3 Å². The molecule has 0 spiro atoms. The van der Waals surface area contributed by atoms with Crippen LogP contribution in [0.15, 0.2) is 40.5 Å². The molecule has 0 atom stereocenters. The highest BCUT2D eigenvalue weighted by Gasteiger charge is 2.16. The minimum absolute atomic E-state index is 0.133. The zero-order valence-corrected chi connectivity index (χ0v) is 16.5. The van der Waals surface area contributed by atoms with Gasteiger partial charge in [-0.3, -0.25) is 14.0 Å². The number of thiophene rings is 1. The highest BCUT2D eigenvalue weighted by atomic mass is 32.1. The molecule has 1 aromatic carbocycles. The number of rotatable bonds is 5. The molecular formula is C20H18N4O4S. The molecule has 1 aliphatic heterocycles. The van der Waals surface area contributed by atoms with Gasteiger partial charge in [0.15, 0.2) is 11.5 Å². The van der Waals surface area contributed by atoms with Crippen molar-refractivity contribution in [2.45, 2.75) is 26.4 Å². The van der Waals surface area contributed by atoms with Crippen molar-refractivity contribution in [3.05, 3.63) is 57.5 Å². The molecule has 4 aromatic rings. The fraction of sp³-hybridized carbons (Fsp3) is 0.250. The Labute approximate surface area is 169 Å². The smallest absolute Gasteiger partial charge is 0.291 e. The van der Waals surface area contributed by atoms with Crippen molar-refractivity contribution >= 4 is 33.0 Å². The summed E-state index contributed by atoms with van der Waals surface area (Å²) in [5, 5.41) is 9.26. The van der Waals surface area contributed by atoms with Gasteiger partial charge in [0.25, 0.3) is 5.56 Å². The molecule has 1 N–H and O–H groups in total. The van der Waals surface area contributed by atoms with Gasteiger partial charge >= 0.3 is 0 Å². The summed E-state index contributed by atoms with van der Waals surface area (Å²) in [4.78, 5) is 25.3. The fourth-order valence-corrected chi connectivity index (χ4v) is 4.31. The number of carbonyl (C=O) groups excluding carboxylic acids is 1. The van der Waals surface area contributed by atoms with Gasteiger partial charge in [0, 0.05) is 13.0 Å². The van der Waals surface area contributed by atoms with E-state index in [9.17, 15) is 9.59 Å². The molecule has 4 heterocycles. The lowest BCUT2D eigenvalue weighted by molar-refractivity contribution is -0.122. The van der Waals surface area contributed by atoms with Gasteiger partial charge < -0.3 is 14.8 Å². The maximum absolute atomic E-state index is 12.9. The van der Waals surface area contributed by atoms with Gasteiger partial charge in [-0.25, -0.2) is 4.68 Å². The molecule has 0 unspecified atom stereocenters. The van der Waals surface area contributed by atoms with Gasteiger partial charge in [-0.05, 0) is 35.2 Å². The Morgan fingerprint density at radius 3 is 2.93 bits per heavy atom. The molecule has 1 amide bonds. The Balaban J connectivity index is 1.37. The van der Waals surface area contributed by atoms with Gasteiger partial charge in [-0.1, -0.05) is 13.0 Å². The van der Waals surface area contributed by atoms with E-state index in [0.717, 1.165) is 21.6 Å². The molecule has 29 heavy (non-hydrogen) atoms. The summed E-state index contributed by atoms with van der Waals surface area (Å²) in [5.41, 5.74) is 2.14. The predicted octanol–water partition coefficient (Wildman–Crippen LogP) is 2.32. The van der Waals surface area contributed by atoms with Crippen LogP contribution in [0.4, 0.5) is 0 Å². The number of carbonyl (C=O) groups is 1. The van der Waals surface area contributed by atoms with E-state index < -0.39 is 0 Å². The highest BCUT2D eigenvalue weighted by Crippen LogP contribution is 2.32. The number of nitrogens with one attached hydrogen (secondary N) is 1. The van der Waals surface area contributed by atoms with E-state index in [2.05, 4.69) is 10.4 Å². The minimum Gasteiger partial charge on any atom is -0.454 e. The Morgan fingerprint density at radius 1 is 1.21 bits per heavy atom. The summed E-state index contributed by atoms with van der Waals surface area (Å²) in [6.07, 6.45) is 0.648. The number of aromatic nitrogens is 3. The van der Waals surface area contributed by atoms with E-state index in [-0.39, 0.29) is 24.8 Å². The van der Waals surface area contributed by atoms with Crippen LogP contribution in [0.5, 0.6) is 11.5 Å². The molecule has 8 nitrogen and oxygen atoms in total. The van der Waals surface area contributed by atoms with Gasteiger partial charge in [-0.15, -0.1) is 11.3 Å². The monoisotopic (exact) mass is 410 g/mol. The molecular weight excluding hydrogens is 392 g/mol. The second-order valence-corrected chi connectivity index (χ2v) is 7.68. The number of aryl methyl sites for hydroxylation is 1. The zero-order chi connectivity index (χ0) is 20.0. The van der Waals surface area contributed by atoms with Gasteiger partial charge in [0.1, 0.15) is 17.9 Å². The van der Waals surface area contributed by atoms with Gasteiger partial charge in [0.05, 0.1) is 10.2 Å². The predicted molar refractivity (Wildman–Crippen MR) is 109 cm³/mol. The average molecular weight is 410 g/mol. The topological polar surface area (TPSA) is 86.9 Å². The summed E-state index contributed by atoms with van der Waals surface area (Å²) in [5.74, 6) is 1.83. The van der Waals surface area contributed by atoms with E-state index in [1.807, 2.05) is 47.0 Å². The fourth-order valence-electron chi connectivity index (χ4n) is 3.50. The maximum Gasteiger partial charge on any atom is 0.291 e. The lowest BCUT2D eigenvalue weighted by Gasteiger charge is -2.10. The summed E-state index contributed by atoms with van der Waals surface area (Å²) >= 11 is 1.58. The third kappa shape index (κ3) is 3.03. The first-order valence-electron chi connectivity index (χ1n) is 9.28. The molecule has 0 bridgehead atoms. The molecule has 9 heteroatoms. The first-order valence-corrected chi connectivity index (χ1v) is 10.2. The van der Waals surface area contributed by atoms with Crippen LogP contribution in [0.3, 0.4) is 0 Å². The van der Waals surface area contributed by atoms with Crippen LogP contribution in [0.2, 0.25) is 0 Å². The largest absolute Gasteiger partial charge is 0.454 e. The molecule has 3 aromatic heterocycles. The van der Waals surface area contributed by atoms with E-state index >= 15 is 0 Å². The standard InChI is InChI=1S/C20H18N4O4S/c1-2-18-22-23(20(26)14-8-17-13(24(14)18)5-6-29-17)10-19(25)21-9-12-3-4-15-16(7-12)28-11-27-15/h3-8H,2,9-11H2,1H3,(H,21,25). The Bertz CT molecular complexity index is 1300. The van der Waals surface area contributed by atoms with Crippen molar-refractivity contribution in [3.8, 4) is 11.5 Å². The van der Waals surface area contributed by atoms with Crippen LogP contribution >= 0.6 is 11.3 Å². The molecule has 0 saturated carbocycles. The average Bonchev–Trinajstić information content (AvgIpc) is 3.44. The summed E-state index contributed by atoms with van der Waals surface area (Å²) in [7, 11) is 0. The van der Waals surface area contributed by atoms with Crippen LogP contribution in [-0.4, -0.2) is 26.9 Å². The maximum atomic E-state index is 12.9. The van der Waals surface area contributed by atoms with E-state index in [1.54, 1.807) is 11.3 Å². The second kappa shape index (κ2) is 6.93. The van der Waals surface area contributed by atoms with Crippen molar-refractivity contribution in [3.63, 3.8) is 0 Å². The van der Waals surface area contributed by atoms with Crippen LogP contribution in [-0.2, 0) is 24.3 Å². The van der Waals surface area contributed by atoms with Crippen LogP contribution < -0.4 is 20.3 Å². The first-order chi connectivity index (χ1) is 14.1. The van der Waals surface area contributed by atoms with E-state index in [1.165, 1.54) is 4.68 Å². The quantitative estimate of drug-likeness (QED) is 0.546. The SMILES string of the molecule is CCc1nn(CC(=O)NCc2ccc3c(c2)OCO3)c(=O)c2cc3sccc3n12. The normalized spacial score (nSPS) is 12.7. The Hall–Kier alpha value is -3.33. The number of benzene rings is 1. The number of fused-ring (bicyclic) bond motifs is 4. The van der Waals surface area contributed by atoms with Crippen molar-refractivity contribution in [1.82, 2.24) is 19.5 Å². The van der Waals surface area contributed by atoms with Crippen LogP contribution in [0, 0.1) is 0 Å². The number of hydrogen-bond acceptors (Lipinski definition) is 6. The lowest BCUT2D eigenvalue weighted by atomic mass is 10.2. The Kier molecular flexibility index (Phi) is 4.24. The van der Waals surface area contributed by atoms with Crippen molar-refractivity contribution < 1.29 is 14.3 Å². The molecule has 0 aliphatic carbocycles. The second-order valence-electron chi connectivity index (χ2n) is 6.73. The van der Waals surface area contributed by atoms with Crippen molar-refractivity contribution in [1.29, 1.82) is 0 Å². The molecule has 1 aliphatic rings. The van der Waals surface area contributed by atoms with Gasteiger partial charge in [0.2, 0.25) is 12.7 Å². The molecule has 0 radical (unpaired) electrons. The van der Waals surface area contributed by atoms with Crippen molar-refractivity contribution in [2.24, 2.45) is 0 Å². The molecule has 148 valence electrons. The summed E-state index contributed by atoms with van der Waals surface area (Å²) in [6, 6.07) is 9.36. The minimum atomic E-state index is -0.281. The number of amides is 1. The summed E-state index contributed by atoms with van der Waals surface area (Å²) < 4.78 is 14.8. The van der Waals surface area contributed by atoms with Gasteiger partial charge in [-0.2, -0.15) is 5.10 Å². The number of nitrogens with zero attached hydrogens (tertiary/aromatic N) is 3.